The molecule has 2 rings (SSSR count). The molecule has 0 radical (unpaired) electrons. The molecule has 1 aliphatic heterocycles. The van der Waals surface area contributed by atoms with Crippen molar-refractivity contribution in [3.8, 4) is 5.75 Å². The fourth-order valence-electron chi connectivity index (χ4n) is 2.44. The van der Waals surface area contributed by atoms with Crippen molar-refractivity contribution >= 4 is 0 Å². The molecule has 0 spiro atoms. The van der Waals surface area contributed by atoms with Gasteiger partial charge in [-0.3, -0.25) is 0 Å². The van der Waals surface area contributed by atoms with Crippen LogP contribution in [0.5, 0.6) is 5.75 Å². The first-order valence-electron chi connectivity index (χ1n) is 6.02. The lowest BCUT2D eigenvalue weighted by Crippen LogP contribution is -2.37. The van der Waals surface area contributed by atoms with Crippen molar-refractivity contribution in [2.45, 2.75) is 18.8 Å². The zero-order valence-corrected chi connectivity index (χ0v) is 10.5. The second-order valence-electron chi connectivity index (χ2n) is 5.03. The molecule has 3 heteroatoms. The van der Waals surface area contributed by atoms with Crippen LogP contribution < -0.4 is 4.74 Å². The Morgan fingerprint density at radius 1 is 1.41 bits per heavy atom. The third-order valence-electron chi connectivity index (χ3n) is 3.55. The Balaban J connectivity index is 2.25. The molecule has 1 saturated heterocycles. The van der Waals surface area contributed by atoms with E-state index >= 15 is 0 Å². The molecule has 0 amide bonds. The third-order valence-corrected chi connectivity index (χ3v) is 3.55. The van der Waals surface area contributed by atoms with E-state index in [0.29, 0.717) is 5.92 Å². The Morgan fingerprint density at radius 3 is 2.65 bits per heavy atom. The zero-order chi connectivity index (χ0) is 12.3. The van der Waals surface area contributed by atoms with Crippen molar-refractivity contribution in [3.63, 3.8) is 0 Å². The number of benzene rings is 1. The van der Waals surface area contributed by atoms with Crippen LogP contribution in [0.15, 0.2) is 24.3 Å². The highest BCUT2D eigenvalue weighted by Gasteiger charge is 2.34. The summed E-state index contributed by atoms with van der Waals surface area (Å²) in [4.78, 5) is 0. The van der Waals surface area contributed by atoms with Gasteiger partial charge in [-0.05, 0) is 12.5 Å². The zero-order valence-electron chi connectivity index (χ0n) is 10.5. The van der Waals surface area contributed by atoms with Crippen LogP contribution in [-0.4, -0.2) is 32.0 Å². The highest BCUT2D eigenvalue weighted by Crippen LogP contribution is 2.37. The summed E-state index contributed by atoms with van der Waals surface area (Å²) < 4.78 is 10.6. The van der Waals surface area contributed by atoms with Gasteiger partial charge in [0.1, 0.15) is 5.75 Å². The number of aliphatic hydroxyl groups is 1. The number of hydrogen-bond acceptors (Lipinski definition) is 3. The van der Waals surface area contributed by atoms with Gasteiger partial charge in [0.15, 0.2) is 0 Å². The molecule has 0 saturated carbocycles. The Kier molecular flexibility index (Phi) is 3.69. The minimum Gasteiger partial charge on any atom is -0.496 e. The monoisotopic (exact) mass is 236 g/mol. The van der Waals surface area contributed by atoms with Crippen molar-refractivity contribution in [2.75, 3.05) is 26.9 Å². The highest BCUT2D eigenvalue weighted by atomic mass is 16.5. The number of rotatable bonds is 5. The van der Waals surface area contributed by atoms with E-state index in [9.17, 15) is 5.11 Å². The van der Waals surface area contributed by atoms with Crippen molar-refractivity contribution in [3.05, 3.63) is 29.8 Å². The maximum atomic E-state index is 9.73. The molecule has 0 bridgehead atoms. The van der Waals surface area contributed by atoms with Crippen molar-refractivity contribution in [1.82, 2.24) is 0 Å². The van der Waals surface area contributed by atoms with E-state index in [4.69, 9.17) is 9.47 Å². The van der Waals surface area contributed by atoms with E-state index in [1.807, 2.05) is 24.3 Å². The van der Waals surface area contributed by atoms with Gasteiger partial charge in [0.25, 0.3) is 0 Å². The maximum absolute atomic E-state index is 9.73. The molecule has 94 valence electrons. The number of aliphatic hydroxyl groups excluding tert-OH is 1. The molecular weight excluding hydrogens is 216 g/mol. The number of ether oxygens (including phenoxy) is 2. The second-order valence-corrected chi connectivity index (χ2v) is 5.03. The molecule has 1 N–H and O–H groups in total. The van der Waals surface area contributed by atoms with Crippen LogP contribution in [-0.2, 0) is 10.2 Å². The Bertz CT molecular complexity index is 373. The summed E-state index contributed by atoms with van der Waals surface area (Å²) in [5, 5.41) is 9.73. The summed E-state index contributed by atoms with van der Waals surface area (Å²) in [6, 6.07) is 7.92. The van der Waals surface area contributed by atoms with Crippen LogP contribution >= 0.6 is 0 Å². The second kappa shape index (κ2) is 5.07. The van der Waals surface area contributed by atoms with Crippen LogP contribution in [0.4, 0.5) is 0 Å². The Labute approximate surface area is 102 Å². The minimum atomic E-state index is -0.249. The predicted octanol–water partition coefficient (Wildman–Crippen LogP) is 1.98. The van der Waals surface area contributed by atoms with Crippen molar-refractivity contribution in [2.24, 2.45) is 5.92 Å². The highest BCUT2D eigenvalue weighted by molar-refractivity contribution is 5.39. The molecule has 0 aliphatic carbocycles. The lowest BCUT2D eigenvalue weighted by Gasteiger charge is -2.36. The molecule has 1 aromatic carbocycles. The fraction of sp³-hybridized carbons (Fsp3) is 0.571. The topological polar surface area (TPSA) is 38.7 Å². The van der Waals surface area contributed by atoms with Crippen molar-refractivity contribution in [1.29, 1.82) is 0 Å². The summed E-state index contributed by atoms with van der Waals surface area (Å²) in [5.41, 5.74) is 0.832. The molecule has 1 aromatic rings. The first-order valence-corrected chi connectivity index (χ1v) is 6.02. The molecule has 1 heterocycles. The average Bonchev–Trinajstić information content (AvgIpc) is 2.33. The first kappa shape index (κ1) is 12.4. The van der Waals surface area contributed by atoms with Gasteiger partial charge in [0, 0.05) is 16.9 Å². The van der Waals surface area contributed by atoms with Gasteiger partial charge in [0.05, 0.1) is 26.9 Å². The normalized spacial score (nSPS) is 19.5. The molecule has 0 aromatic heterocycles. The standard InChI is InChI=1S/C14H20O3/c1-14(10-15,7-11-8-17-9-11)12-5-3-4-6-13(12)16-2/h3-6,11,15H,7-10H2,1-2H3. The van der Waals surface area contributed by atoms with Gasteiger partial charge >= 0.3 is 0 Å². The van der Waals surface area contributed by atoms with Crippen molar-refractivity contribution < 1.29 is 14.6 Å². The smallest absolute Gasteiger partial charge is 0.122 e. The quantitative estimate of drug-likeness (QED) is 0.849. The number of hydrogen-bond donors (Lipinski definition) is 1. The van der Waals surface area contributed by atoms with Gasteiger partial charge in [-0.2, -0.15) is 0 Å². The minimum absolute atomic E-state index is 0.129. The van der Waals surface area contributed by atoms with Crippen LogP contribution in [0.25, 0.3) is 0 Å². The largest absolute Gasteiger partial charge is 0.496 e. The van der Waals surface area contributed by atoms with E-state index in [2.05, 4.69) is 6.92 Å². The summed E-state index contributed by atoms with van der Waals surface area (Å²) >= 11 is 0. The van der Waals surface area contributed by atoms with Gasteiger partial charge in [-0.15, -0.1) is 0 Å². The van der Waals surface area contributed by atoms with E-state index < -0.39 is 0 Å². The molecule has 17 heavy (non-hydrogen) atoms. The number of methoxy groups -OCH3 is 1. The maximum Gasteiger partial charge on any atom is 0.122 e. The van der Waals surface area contributed by atoms with E-state index in [-0.39, 0.29) is 12.0 Å². The number of para-hydroxylation sites is 1. The summed E-state index contributed by atoms with van der Waals surface area (Å²) in [5.74, 6) is 1.40. The van der Waals surface area contributed by atoms with Gasteiger partial charge in [0.2, 0.25) is 0 Å². The summed E-state index contributed by atoms with van der Waals surface area (Å²) in [7, 11) is 1.67. The van der Waals surface area contributed by atoms with Crippen LogP contribution in [0.2, 0.25) is 0 Å². The van der Waals surface area contributed by atoms with E-state index in [1.54, 1.807) is 7.11 Å². The lowest BCUT2D eigenvalue weighted by molar-refractivity contribution is -0.0486. The van der Waals surface area contributed by atoms with Gasteiger partial charge < -0.3 is 14.6 Å². The SMILES string of the molecule is COc1ccccc1C(C)(CO)CC1COC1. The van der Waals surface area contributed by atoms with E-state index in [0.717, 1.165) is 30.9 Å². The fourth-order valence-corrected chi connectivity index (χ4v) is 2.44. The summed E-state index contributed by atoms with van der Waals surface area (Å²) in [6.45, 7) is 3.84. The van der Waals surface area contributed by atoms with Gasteiger partial charge in [-0.1, -0.05) is 25.1 Å². The Hall–Kier alpha value is -1.06. The molecule has 1 atom stereocenters. The molecule has 3 nitrogen and oxygen atoms in total. The third kappa shape index (κ3) is 2.45. The van der Waals surface area contributed by atoms with Crippen LogP contribution in [0.3, 0.4) is 0 Å². The average molecular weight is 236 g/mol. The van der Waals surface area contributed by atoms with E-state index in [1.165, 1.54) is 0 Å². The lowest BCUT2D eigenvalue weighted by atomic mass is 9.75. The summed E-state index contributed by atoms with van der Waals surface area (Å²) in [6.07, 6.45) is 0.934. The Morgan fingerprint density at radius 2 is 2.12 bits per heavy atom. The predicted molar refractivity (Wildman–Crippen MR) is 66.4 cm³/mol. The van der Waals surface area contributed by atoms with Crippen LogP contribution in [0, 0.1) is 5.92 Å². The molecule has 1 aliphatic rings. The van der Waals surface area contributed by atoms with Crippen LogP contribution in [0.1, 0.15) is 18.9 Å². The molecular formula is C14H20O3. The molecule has 1 unspecified atom stereocenters. The van der Waals surface area contributed by atoms with Gasteiger partial charge in [-0.25, -0.2) is 0 Å². The molecule has 1 fully saturated rings. The first-order chi connectivity index (χ1) is 8.19.